The van der Waals surface area contributed by atoms with Gasteiger partial charge in [0, 0.05) is 25.5 Å². The number of hydrogen-bond acceptors (Lipinski definition) is 2. The molecule has 0 spiro atoms. The van der Waals surface area contributed by atoms with E-state index in [1.54, 1.807) is 6.20 Å². The number of benzene rings is 1. The number of carbonyl (C=O) groups is 1. The van der Waals surface area contributed by atoms with Crippen molar-refractivity contribution < 1.29 is 4.79 Å². The van der Waals surface area contributed by atoms with Crippen LogP contribution in [0.3, 0.4) is 0 Å². The Morgan fingerprint density at radius 3 is 2.72 bits per heavy atom. The quantitative estimate of drug-likeness (QED) is 0.821. The van der Waals surface area contributed by atoms with Crippen molar-refractivity contribution in [3.63, 3.8) is 0 Å². The average molecular weight is 338 g/mol. The zero-order valence-electron chi connectivity index (χ0n) is 14.9. The van der Waals surface area contributed by atoms with Gasteiger partial charge in [-0.05, 0) is 30.7 Å². The second-order valence-electron chi connectivity index (χ2n) is 6.78. The number of hydrogen-bond donors (Lipinski definition) is 2. The lowest BCUT2D eigenvalue weighted by Gasteiger charge is -2.27. The summed E-state index contributed by atoms with van der Waals surface area (Å²) in [5.41, 5.74) is 1.17. The minimum absolute atomic E-state index is 0.129. The van der Waals surface area contributed by atoms with Crippen molar-refractivity contribution in [3.8, 4) is 0 Å². The smallest absolute Gasteiger partial charge is 0.315 e. The average Bonchev–Trinajstić information content (AvgIpc) is 3.03. The standard InChI is InChI=1S/C20H26N4O/c1-15-8-6-7-11-17(15)22-20(25)23-18(19-21-12-13-24(19)2)14-16-9-4-3-5-10-16/h3-7,9-10,12-13,15,17-18H,8,11,14H2,1-2H3,(H2,22,23,25)/t15-,17-,18?/m1/s1. The van der Waals surface area contributed by atoms with Gasteiger partial charge in [-0.3, -0.25) is 0 Å². The van der Waals surface area contributed by atoms with Gasteiger partial charge in [0.05, 0.1) is 6.04 Å². The molecule has 2 amide bonds. The van der Waals surface area contributed by atoms with Crippen LogP contribution in [0.15, 0.2) is 54.9 Å². The van der Waals surface area contributed by atoms with Crippen molar-refractivity contribution >= 4 is 6.03 Å². The number of rotatable bonds is 5. The molecule has 0 aliphatic heterocycles. The molecular formula is C20H26N4O. The van der Waals surface area contributed by atoms with Crippen LogP contribution in [0.25, 0.3) is 0 Å². The first kappa shape index (κ1) is 17.3. The molecule has 2 aromatic rings. The molecule has 2 N–H and O–H groups in total. The zero-order valence-corrected chi connectivity index (χ0v) is 14.9. The van der Waals surface area contributed by atoms with Crippen molar-refractivity contribution in [1.82, 2.24) is 20.2 Å². The number of aryl methyl sites for hydroxylation is 1. The Balaban J connectivity index is 1.70. The van der Waals surface area contributed by atoms with Crippen molar-refractivity contribution in [2.24, 2.45) is 13.0 Å². The highest BCUT2D eigenvalue weighted by Gasteiger charge is 2.23. The highest BCUT2D eigenvalue weighted by Crippen LogP contribution is 2.19. The Morgan fingerprint density at radius 1 is 1.28 bits per heavy atom. The third-order valence-corrected chi connectivity index (χ3v) is 4.83. The molecule has 0 saturated heterocycles. The Bertz CT molecular complexity index is 722. The number of aromatic nitrogens is 2. The predicted octanol–water partition coefficient (Wildman–Crippen LogP) is 3.36. The van der Waals surface area contributed by atoms with Gasteiger partial charge in [0.2, 0.25) is 0 Å². The largest absolute Gasteiger partial charge is 0.336 e. The van der Waals surface area contributed by atoms with Crippen molar-refractivity contribution in [2.75, 3.05) is 0 Å². The second-order valence-corrected chi connectivity index (χ2v) is 6.78. The summed E-state index contributed by atoms with van der Waals surface area (Å²) in [5.74, 6) is 1.31. The molecule has 0 fully saturated rings. The van der Waals surface area contributed by atoms with Gasteiger partial charge in [-0.25, -0.2) is 9.78 Å². The first-order valence-electron chi connectivity index (χ1n) is 8.86. The van der Waals surface area contributed by atoms with Crippen LogP contribution in [0.5, 0.6) is 0 Å². The van der Waals surface area contributed by atoms with E-state index >= 15 is 0 Å². The Morgan fingerprint density at radius 2 is 2.04 bits per heavy atom. The summed E-state index contributed by atoms with van der Waals surface area (Å²) in [6, 6.07) is 10.1. The number of nitrogens with zero attached hydrogens (tertiary/aromatic N) is 2. The van der Waals surface area contributed by atoms with E-state index in [9.17, 15) is 4.79 Å². The SMILES string of the molecule is C[C@@H]1CC=CC[C@H]1NC(=O)NC(Cc1ccccc1)c1nccn1C. The Hall–Kier alpha value is -2.56. The molecule has 132 valence electrons. The van der Waals surface area contributed by atoms with E-state index in [0.29, 0.717) is 12.3 Å². The molecule has 1 heterocycles. The summed E-state index contributed by atoms with van der Waals surface area (Å²) >= 11 is 0. The van der Waals surface area contributed by atoms with Gasteiger partial charge in [0.15, 0.2) is 0 Å². The molecule has 0 bridgehead atoms. The third kappa shape index (κ3) is 4.50. The molecule has 3 rings (SSSR count). The number of nitrogens with one attached hydrogen (secondary N) is 2. The van der Waals surface area contributed by atoms with Gasteiger partial charge >= 0.3 is 6.03 Å². The number of amides is 2. The van der Waals surface area contributed by atoms with E-state index in [-0.39, 0.29) is 18.1 Å². The van der Waals surface area contributed by atoms with E-state index in [0.717, 1.165) is 18.7 Å². The lowest BCUT2D eigenvalue weighted by molar-refractivity contribution is 0.226. The van der Waals surface area contributed by atoms with Crippen LogP contribution < -0.4 is 10.6 Å². The van der Waals surface area contributed by atoms with Gasteiger partial charge in [-0.15, -0.1) is 0 Å². The topological polar surface area (TPSA) is 59.0 Å². The molecule has 0 radical (unpaired) electrons. The van der Waals surface area contributed by atoms with Gasteiger partial charge < -0.3 is 15.2 Å². The summed E-state index contributed by atoms with van der Waals surface area (Å²) in [7, 11) is 1.95. The normalized spacial score (nSPS) is 20.9. The summed E-state index contributed by atoms with van der Waals surface area (Å²) in [6.07, 6.45) is 10.6. The summed E-state index contributed by atoms with van der Waals surface area (Å²) < 4.78 is 1.96. The number of allylic oxidation sites excluding steroid dienone is 1. The molecule has 1 aromatic carbocycles. The molecular weight excluding hydrogens is 312 g/mol. The molecule has 1 aliphatic carbocycles. The van der Waals surface area contributed by atoms with Gasteiger partial charge in [0.1, 0.15) is 5.82 Å². The first-order chi connectivity index (χ1) is 12.1. The highest BCUT2D eigenvalue weighted by molar-refractivity contribution is 5.74. The lowest BCUT2D eigenvalue weighted by atomic mass is 9.91. The molecule has 5 nitrogen and oxygen atoms in total. The van der Waals surface area contributed by atoms with E-state index in [1.807, 2.05) is 36.0 Å². The summed E-state index contributed by atoms with van der Waals surface area (Å²) in [4.78, 5) is 17.0. The van der Waals surface area contributed by atoms with E-state index < -0.39 is 0 Å². The number of imidazole rings is 1. The maximum Gasteiger partial charge on any atom is 0.315 e. The summed E-state index contributed by atoms with van der Waals surface area (Å²) in [5, 5.41) is 6.25. The number of carbonyl (C=O) groups excluding carboxylic acids is 1. The fourth-order valence-electron chi connectivity index (χ4n) is 3.29. The van der Waals surface area contributed by atoms with Crippen LogP contribution in [0.1, 0.15) is 37.2 Å². The van der Waals surface area contributed by atoms with Crippen molar-refractivity contribution in [1.29, 1.82) is 0 Å². The molecule has 3 atom stereocenters. The van der Waals surface area contributed by atoms with Gasteiger partial charge in [-0.1, -0.05) is 49.4 Å². The number of urea groups is 1. The van der Waals surface area contributed by atoms with Crippen LogP contribution in [0.4, 0.5) is 4.79 Å². The van der Waals surface area contributed by atoms with Crippen LogP contribution in [-0.4, -0.2) is 21.6 Å². The van der Waals surface area contributed by atoms with Crippen molar-refractivity contribution in [3.05, 3.63) is 66.3 Å². The molecule has 1 aliphatic rings. The van der Waals surface area contributed by atoms with Crippen LogP contribution in [0.2, 0.25) is 0 Å². The summed E-state index contributed by atoms with van der Waals surface area (Å²) in [6.45, 7) is 2.18. The first-order valence-corrected chi connectivity index (χ1v) is 8.86. The Kier molecular flexibility index (Phi) is 5.53. The molecule has 1 aromatic heterocycles. The zero-order chi connectivity index (χ0) is 17.6. The lowest BCUT2D eigenvalue weighted by Crippen LogP contribution is -2.47. The van der Waals surface area contributed by atoms with Crippen LogP contribution >= 0.6 is 0 Å². The van der Waals surface area contributed by atoms with Gasteiger partial charge in [0.25, 0.3) is 0 Å². The fraction of sp³-hybridized carbons (Fsp3) is 0.400. The monoisotopic (exact) mass is 338 g/mol. The Labute approximate surface area is 149 Å². The molecule has 5 heteroatoms. The highest BCUT2D eigenvalue weighted by atomic mass is 16.2. The van der Waals surface area contributed by atoms with Crippen molar-refractivity contribution in [2.45, 2.75) is 38.3 Å². The minimum atomic E-state index is -0.170. The maximum absolute atomic E-state index is 12.6. The fourth-order valence-corrected chi connectivity index (χ4v) is 3.29. The van der Waals surface area contributed by atoms with E-state index in [4.69, 9.17) is 0 Å². The van der Waals surface area contributed by atoms with Crippen LogP contribution in [0, 0.1) is 5.92 Å². The van der Waals surface area contributed by atoms with E-state index in [2.05, 4.69) is 46.8 Å². The minimum Gasteiger partial charge on any atom is -0.336 e. The predicted molar refractivity (Wildman–Crippen MR) is 99.1 cm³/mol. The third-order valence-electron chi connectivity index (χ3n) is 4.83. The molecule has 25 heavy (non-hydrogen) atoms. The second kappa shape index (κ2) is 8.01. The molecule has 0 saturated carbocycles. The molecule has 1 unspecified atom stereocenters. The maximum atomic E-state index is 12.6. The van der Waals surface area contributed by atoms with E-state index in [1.165, 1.54) is 5.56 Å². The van der Waals surface area contributed by atoms with Crippen LogP contribution in [-0.2, 0) is 13.5 Å². The van der Waals surface area contributed by atoms with Gasteiger partial charge in [-0.2, -0.15) is 0 Å².